The zero-order chi connectivity index (χ0) is 41.7. The molecular weight excluding hydrogens is 765 g/mol. The van der Waals surface area contributed by atoms with Gasteiger partial charge in [-0.05, 0) is 107 Å². The molecule has 3 saturated heterocycles. The van der Waals surface area contributed by atoms with Crippen LogP contribution in [0.3, 0.4) is 0 Å². The number of rotatable bonds is 10. The molecule has 3 aromatic heterocycles. The van der Waals surface area contributed by atoms with Crippen molar-refractivity contribution in [3.8, 4) is 0 Å². The lowest BCUT2D eigenvalue weighted by Crippen LogP contribution is -2.54. The standard InChI is InChI=1S/C44H50N10O6/c1-25-34-23-47-44(50-39(34)53(29-7-3-4-8-29)43(60)38(25)26(2)55)48-36-13-10-31(22-46-36)51-18-15-27(16-19-51)21-45-28-6-5-17-52(24-28)30-9-11-32-33(20-30)42(59)54(41(32)58)35-12-14-37(56)49-40(35)57/h9-11,13,20,22-23,27-29,35,45H,3-8,12,14-19,21,24H2,1-2H3,(H,49,56,57)(H,46,47,48,50)/t28-,35?/m1/s1. The molecule has 1 aromatic carbocycles. The van der Waals surface area contributed by atoms with Crippen LogP contribution >= 0.6 is 0 Å². The molecule has 3 N–H and O–H groups in total. The Bertz CT molecular complexity index is 2450. The fraction of sp³-hybridized carbons (Fsp3) is 0.477. The highest BCUT2D eigenvalue weighted by Crippen LogP contribution is 2.34. The number of anilines is 4. The Balaban J connectivity index is 0.779. The molecule has 4 amide bonds. The second kappa shape index (κ2) is 16.2. The number of aromatic nitrogens is 4. The van der Waals surface area contributed by atoms with Crippen molar-refractivity contribution in [3.63, 3.8) is 0 Å². The number of carbonyl (C=O) groups excluding carboxylic acids is 5. The zero-order valence-corrected chi connectivity index (χ0v) is 34.0. The molecule has 16 heteroatoms. The number of pyridine rings is 2. The third-order valence-electron chi connectivity index (χ3n) is 13.1. The topological polar surface area (TPSA) is 192 Å². The summed E-state index contributed by atoms with van der Waals surface area (Å²) in [6.07, 6.45) is 11.8. The monoisotopic (exact) mass is 814 g/mol. The van der Waals surface area contributed by atoms with Gasteiger partial charge < -0.3 is 20.4 Å². The van der Waals surface area contributed by atoms with Crippen LogP contribution in [0.5, 0.6) is 0 Å². The fourth-order valence-electron chi connectivity index (χ4n) is 9.83. The molecule has 5 aliphatic rings. The molecule has 16 nitrogen and oxygen atoms in total. The van der Waals surface area contributed by atoms with Crippen LogP contribution in [0.2, 0.25) is 0 Å². The van der Waals surface area contributed by atoms with Gasteiger partial charge in [0, 0.05) is 62.0 Å². The summed E-state index contributed by atoms with van der Waals surface area (Å²) in [5.41, 5.74) is 3.61. The number of fused-ring (bicyclic) bond motifs is 2. The molecule has 1 unspecified atom stereocenters. The first-order valence-corrected chi connectivity index (χ1v) is 21.3. The summed E-state index contributed by atoms with van der Waals surface area (Å²) in [5, 5.41) is 9.99. The van der Waals surface area contributed by atoms with Crippen molar-refractivity contribution in [3.05, 3.63) is 75.3 Å². The number of Topliss-reactive ketones (excluding diaryl/α,β-unsaturated/α-hetero) is 1. The van der Waals surface area contributed by atoms with E-state index in [4.69, 9.17) is 4.98 Å². The maximum absolute atomic E-state index is 13.6. The van der Waals surface area contributed by atoms with E-state index in [9.17, 15) is 28.8 Å². The van der Waals surface area contributed by atoms with E-state index >= 15 is 0 Å². The molecule has 312 valence electrons. The smallest absolute Gasteiger partial charge is 0.263 e. The summed E-state index contributed by atoms with van der Waals surface area (Å²) in [4.78, 5) is 96.4. The first-order valence-electron chi connectivity index (χ1n) is 21.3. The van der Waals surface area contributed by atoms with Gasteiger partial charge in [0.15, 0.2) is 5.78 Å². The largest absolute Gasteiger partial charge is 0.370 e. The number of amides is 4. The maximum atomic E-state index is 13.6. The highest BCUT2D eigenvalue weighted by Gasteiger charge is 2.45. The minimum absolute atomic E-state index is 0.00517. The lowest BCUT2D eigenvalue weighted by Gasteiger charge is -2.37. The van der Waals surface area contributed by atoms with E-state index in [2.05, 4.69) is 41.8 Å². The number of carbonyl (C=O) groups is 5. The number of imide groups is 2. The number of ketones is 1. The van der Waals surface area contributed by atoms with Gasteiger partial charge in [-0.2, -0.15) is 4.98 Å². The van der Waals surface area contributed by atoms with Gasteiger partial charge >= 0.3 is 0 Å². The number of hydrogen-bond acceptors (Lipinski definition) is 13. The number of benzene rings is 1. The van der Waals surface area contributed by atoms with Crippen molar-refractivity contribution in [1.82, 2.24) is 35.1 Å². The Morgan fingerprint density at radius 1 is 0.833 bits per heavy atom. The summed E-state index contributed by atoms with van der Waals surface area (Å²) in [7, 11) is 0. The molecule has 1 aliphatic carbocycles. The minimum Gasteiger partial charge on any atom is -0.370 e. The van der Waals surface area contributed by atoms with Crippen LogP contribution in [0.4, 0.5) is 23.1 Å². The lowest BCUT2D eigenvalue weighted by molar-refractivity contribution is -0.136. The summed E-state index contributed by atoms with van der Waals surface area (Å²) in [5.74, 6) is -0.753. The second-order valence-electron chi connectivity index (χ2n) is 16.9. The molecule has 2 atom stereocenters. The van der Waals surface area contributed by atoms with Gasteiger partial charge in [-0.15, -0.1) is 0 Å². The summed E-state index contributed by atoms with van der Waals surface area (Å²) < 4.78 is 1.71. The number of hydrogen-bond donors (Lipinski definition) is 3. The SMILES string of the molecule is CC(=O)c1c(C)c2cnc(Nc3ccc(N4CCC(CN[C@@H]5CCCN(c6ccc7c(c6)C(=O)N(C6CCC(=O)NC6=O)C7=O)C5)CC4)cn3)nc2n(C2CCCC2)c1=O. The van der Waals surface area contributed by atoms with Crippen LogP contribution in [-0.4, -0.2) is 98.6 Å². The molecule has 4 fully saturated rings. The normalized spacial score (nSPS) is 21.5. The van der Waals surface area contributed by atoms with Crippen molar-refractivity contribution in [1.29, 1.82) is 0 Å². The van der Waals surface area contributed by atoms with E-state index in [-0.39, 0.29) is 41.8 Å². The molecule has 4 aliphatic heterocycles. The molecule has 9 rings (SSSR count). The van der Waals surface area contributed by atoms with Gasteiger partial charge in [-0.3, -0.25) is 43.6 Å². The fourth-order valence-corrected chi connectivity index (χ4v) is 9.83. The van der Waals surface area contributed by atoms with Crippen molar-refractivity contribution in [2.24, 2.45) is 5.92 Å². The maximum Gasteiger partial charge on any atom is 0.263 e. The van der Waals surface area contributed by atoms with Crippen molar-refractivity contribution in [2.45, 2.75) is 96.2 Å². The number of piperidine rings is 3. The van der Waals surface area contributed by atoms with Crippen LogP contribution in [0.1, 0.15) is 114 Å². The van der Waals surface area contributed by atoms with E-state index in [1.807, 2.05) is 18.3 Å². The lowest BCUT2D eigenvalue weighted by atomic mass is 9.95. The van der Waals surface area contributed by atoms with Crippen molar-refractivity contribution < 1.29 is 24.0 Å². The summed E-state index contributed by atoms with van der Waals surface area (Å²) in [6.45, 7) is 7.61. The van der Waals surface area contributed by atoms with Gasteiger partial charge in [0.1, 0.15) is 17.5 Å². The van der Waals surface area contributed by atoms with Crippen LogP contribution in [0, 0.1) is 12.8 Å². The van der Waals surface area contributed by atoms with Crippen LogP contribution < -0.4 is 31.3 Å². The van der Waals surface area contributed by atoms with E-state index in [1.165, 1.54) is 6.92 Å². The Hall–Kier alpha value is -6.03. The molecule has 0 radical (unpaired) electrons. The minimum atomic E-state index is -0.980. The van der Waals surface area contributed by atoms with Gasteiger partial charge in [0.05, 0.1) is 28.6 Å². The third-order valence-corrected chi connectivity index (χ3v) is 13.1. The molecule has 60 heavy (non-hydrogen) atoms. The van der Waals surface area contributed by atoms with E-state index in [1.54, 1.807) is 29.8 Å². The number of nitrogens with one attached hydrogen (secondary N) is 3. The average molecular weight is 815 g/mol. The zero-order valence-electron chi connectivity index (χ0n) is 34.0. The molecule has 4 aromatic rings. The van der Waals surface area contributed by atoms with E-state index < -0.39 is 29.7 Å². The van der Waals surface area contributed by atoms with Crippen LogP contribution in [0.25, 0.3) is 11.0 Å². The Morgan fingerprint density at radius 3 is 2.33 bits per heavy atom. The Morgan fingerprint density at radius 2 is 1.60 bits per heavy atom. The number of aryl methyl sites for hydroxylation is 1. The quantitative estimate of drug-likeness (QED) is 0.151. The molecule has 0 bridgehead atoms. The molecular formula is C44H50N10O6. The van der Waals surface area contributed by atoms with Crippen molar-refractivity contribution >= 4 is 63.6 Å². The Kier molecular flexibility index (Phi) is 10.6. The van der Waals surface area contributed by atoms with E-state index in [0.29, 0.717) is 45.4 Å². The van der Waals surface area contributed by atoms with Gasteiger partial charge in [-0.25, -0.2) is 9.97 Å². The Labute approximate surface area is 347 Å². The summed E-state index contributed by atoms with van der Waals surface area (Å²) in [6, 6.07) is 8.63. The second-order valence-corrected chi connectivity index (χ2v) is 16.9. The molecule has 7 heterocycles. The van der Waals surface area contributed by atoms with Gasteiger partial charge in [0.2, 0.25) is 17.8 Å². The van der Waals surface area contributed by atoms with Gasteiger partial charge in [-0.1, -0.05) is 12.8 Å². The van der Waals surface area contributed by atoms with Crippen LogP contribution in [0.15, 0.2) is 47.5 Å². The molecule has 0 spiro atoms. The highest BCUT2D eigenvalue weighted by molar-refractivity contribution is 6.23. The predicted octanol–water partition coefficient (Wildman–Crippen LogP) is 4.43. The first kappa shape index (κ1) is 39.4. The molecule has 1 saturated carbocycles. The third kappa shape index (κ3) is 7.41. The number of nitrogens with zero attached hydrogens (tertiary/aromatic N) is 7. The van der Waals surface area contributed by atoms with Gasteiger partial charge in [0.25, 0.3) is 17.4 Å². The summed E-state index contributed by atoms with van der Waals surface area (Å²) >= 11 is 0. The average Bonchev–Trinajstić information content (AvgIpc) is 3.86. The highest BCUT2D eigenvalue weighted by atomic mass is 16.2. The van der Waals surface area contributed by atoms with Crippen LogP contribution in [-0.2, 0) is 9.59 Å². The predicted molar refractivity (Wildman–Crippen MR) is 225 cm³/mol. The first-order chi connectivity index (χ1) is 29.0. The van der Waals surface area contributed by atoms with Crippen molar-refractivity contribution in [2.75, 3.05) is 47.8 Å². The van der Waals surface area contributed by atoms with E-state index in [0.717, 1.165) is 100 Å².